The van der Waals surface area contributed by atoms with Gasteiger partial charge in [0.25, 0.3) is 10.1 Å². The van der Waals surface area contributed by atoms with Gasteiger partial charge in [-0.2, -0.15) is 8.42 Å². The number of hydrogen-bond acceptors (Lipinski definition) is 3. The molecular weight excluding hydrogens is 344 g/mol. The van der Waals surface area contributed by atoms with E-state index in [9.17, 15) is 8.42 Å². The smallest absolute Gasteiger partial charge is 0.263 e. The van der Waals surface area contributed by atoms with E-state index >= 15 is 0 Å². The van der Waals surface area contributed by atoms with Crippen LogP contribution in [0, 0.1) is 0 Å². The summed E-state index contributed by atoms with van der Waals surface area (Å²) in [5.74, 6) is 0. The lowest BCUT2D eigenvalue weighted by atomic mass is 10.3. The minimum Gasteiger partial charge on any atom is -0.263 e. The van der Waals surface area contributed by atoms with Gasteiger partial charge < -0.3 is 0 Å². The summed E-state index contributed by atoms with van der Waals surface area (Å²) in [7, 11) is -4.81. The average Bonchev–Trinajstić information content (AvgIpc) is 2.25. The summed E-state index contributed by atoms with van der Waals surface area (Å²) in [6.07, 6.45) is 0.506. The molecule has 0 N–H and O–H groups in total. The molecule has 1 atom stereocenters. The van der Waals surface area contributed by atoms with Crippen molar-refractivity contribution in [1.82, 2.24) is 0 Å². The van der Waals surface area contributed by atoms with Gasteiger partial charge in [0.15, 0.2) is 0 Å². The molecule has 1 unspecified atom stereocenters. The molecule has 0 aliphatic rings. The van der Waals surface area contributed by atoms with Crippen molar-refractivity contribution in [2.75, 3.05) is 0 Å². The largest absolute Gasteiger partial charge is 0.297 e. The van der Waals surface area contributed by atoms with Crippen LogP contribution in [0.1, 0.15) is 13.3 Å². The van der Waals surface area contributed by atoms with Gasteiger partial charge in [0.2, 0.25) is 0 Å². The fourth-order valence-corrected chi connectivity index (χ4v) is 4.20. The maximum Gasteiger partial charge on any atom is 0.297 e. The molecule has 3 nitrogen and oxygen atoms in total. The van der Waals surface area contributed by atoms with E-state index in [2.05, 4.69) is 35.6 Å². The van der Waals surface area contributed by atoms with Gasteiger partial charge >= 0.3 is 0 Å². The van der Waals surface area contributed by atoms with E-state index in [1.54, 1.807) is 24.3 Å². The molecule has 0 aromatic heterocycles. The van der Waals surface area contributed by atoms with E-state index in [4.69, 9.17) is 4.18 Å². The van der Waals surface area contributed by atoms with Crippen LogP contribution >= 0.6 is 15.9 Å². The Kier molecular flexibility index (Phi) is 5.79. The molecule has 1 rings (SSSR count). The standard InChI is InChI=1S/C13H21BrO3SSi/c1-11(9-10-19(2,3)4)17-18(15,16)13-7-5-12(14)6-8-13/h5-8,11H,9-10H2,1-4H3. The van der Waals surface area contributed by atoms with Crippen molar-refractivity contribution in [2.24, 2.45) is 0 Å². The first-order valence-corrected chi connectivity index (χ1v) is 12.2. The van der Waals surface area contributed by atoms with Crippen LogP contribution in [0.4, 0.5) is 0 Å². The Labute approximate surface area is 125 Å². The summed E-state index contributed by atoms with van der Waals surface area (Å²) in [6, 6.07) is 7.55. The van der Waals surface area contributed by atoms with E-state index < -0.39 is 18.2 Å². The second-order valence-corrected chi connectivity index (χ2v) is 14.0. The molecule has 0 bridgehead atoms. The number of hydrogen-bond donors (Lipinski definition) is 0. The fraction of sp³-hybridized carbons (Fsp3) is 0.538. The van der Waals surface area contributed by atoms with E-state index in [1.807, 2.05) is 6.92 Å². The molecule has 0 aliphatic heterocycles. The molecule has 1 aromatic rings. The van der Waals surface area contributed by atoms with Crippen molar-refractivity contribution in [1.29, 1.82) is 0 Å². The van der Waals surface area contributed by atoms with Crippen molar-refractivity contribution in [2.45, 2.75) is 50.0 Å². The minimum atomic E-state index is -3.65. The van der Waals surface area contributed by atoms with Gasteiger partial charge in [-0.15, -0.1) is 0 Å². The lowest BCUT2D eigenvalue weighted by molar-refractivity contribution is 0.224. The Morgan fingerprint density at radius 3 is 2.21 bits per heavy atom. The average molecular weight is 365 g/mol. The summed E-state index contributed by atoms with van der Waals surface area (Å²) in [6.45, 7) is 8.62. The molecule has 0 amide bonds. The number of halogens is 1. The zero-order valence-electron chi connectivity index (χ0n) is 11.8. The van der Waals surface area contributed by atoms with Crippen LogP contribution in [-0.2, 0) is 14.3 Å². The topological polar surface area (TPSA) is 43.4 Å². The molecule has 0 aliphatic carbocycles. The summed E-state index contributed by atoms with van der Waals surface area (Å²) < 4.78 is 30.2. The highest BCUT2D eigenvalue weighted by molar-refractivity contribution is 9.10. The van der Waals surface area contributed by atoms with E-state index in [1.165, 1.54) is 0 Å². The van der Waals surface area contributed by atoms with Crippen molar-refractivity contribution in [3.05, 3.63) is 28.7 Å². The van der Waals surface area contributed by atoms with Crippen LogP contribution in [-0.4, -0.2) is 22.6 Å². The molecular formula is C13H21BrO3SSi. The Bertz CT molecular complexity index is 506. The van der Waals surface area contributed by atoms with Crippen LogP contribution in [0.3, 0.4) is 0 Å². The zero-order valence-corrected chi connectivity index (χ0v) is 15.2. The molecule has 1 aromatic carbocycles. The first-order chi connectivity index (χ1) is 8.60. The van der Waals surface area contributed by atoms with E-state index in [0.29, 0.717) is 0 Å². The predicted octanol–water partition coefficient (Wildman–Crippen LogP) is 4.27. The predicted molar refractivity (Wildman–Crippen MR) is 84.6 cm³/mol. The fourth-order valence-electron chi connectivity index (χ4n) is 1.56. The normalized spacial score (nSPS) is 14.4. The van der Waals surface area contributed by atoms with Crippen LogP contribution in [0.5, 0.6) is 0 Å². The Hall–Kier alpha value is -0.173. The molecule has 0 saturated carbocycles. The van der Waals surface area contributed by atoms with Crippen molar-refractivity contribution in [3.63, 3.8) is 0 Å². The summed E-state index contributed by atoms with van der Waals surface area (Å²) >= 11 is 3.28. The van der Waals surface area contributed by atoms with Crippen LogP contribution in [0.25, 0.3) is 0 Å². The lowest BCUT2D eigenvalue weighted by Crippen LogP contribution is -2.23. The third-order valence-corrected chi connectivity index (χ3v) is 6.44. The second kappa shape index (κ2) is 6.52. The lowest BCUT2D eigenvalue weighted by Gasteiger charge is -2.19. The Balaban J connectivity index is 2.67. The Morgan fingerprint density at radius 2 is 1.74 bits per heavy atom. The first kappa shape index (κ1) is 16.9. The van der Waals surface area contributed by atoms with E-state index in [0.717, 1.165) is 16.9 Å². The minimum absolute atomic E-state index is 0.204. The molecule has 0 heterocycles. The van der Waals surface area contributed by atoms with Crippen molar-refractivity contribution >= 4 is 34.1 Å². The second-order valence-electron chi connectivity index (χ2n) is 5.91. The quantitative estimate of drug-likeness (QED) is 0.559. The van der Waals surface area contributed by atoms with Crippen molar-refractivity contribution < 1.29 is 12.6 Å². The van der Waals surface area contributed by atoms with Gasteiger partial charge in [-0.1, -0.05) is 41.6 Å². The monoisotopic (exact) mass is 364 g/mol. The summed E-state index contributed by atoms with van der Waals surface area (Å²) in [5, 5.41) is 0. The number of benzene rings is 1. The van der Waals surface area contributed by atoms with Gasteiger partial charge in [-0.25, -0.2) is 0 Å². The third kappa shape index (κ3) is 6.20. The van der Waals surface area contributed by atoms with Gasteiger partial charge in [0.1, 0.15) is 0 Å². The van der Waals surface area contributed by atoms with Gasteiger partial charge in [-0.3, -0.25) is 4.18 Å². The van der Waals surface area contributed by atoms with Crippen LogP contribution in [0.2, 0.25) is 25.7 Å². The van der Waals surface area contributed by atoms with E-state index in [-0.39, 0.29) is 11.0 Å². The maximum atomic E-state index is 12.1. The molecule has 19 heavy (non-hydrogen) atoms. The molecule has 0 radical (unpaired) electrons. The number of rotatable bonds is 6. The highest BCUT2D eigenvalue weighted by Gasteiger charge is 2.21. The molecule has 0 fully saturated rings. The maximum absolute atomic E-state index is 12.1. The van der Waals surface area contributed by atoms with Gasteiger partial charge in [-0.05, 0) is 37.6 Å². The molecule has 108 valence electrons. The van der Waals surface area contributed by atoms with Crippen LogP contribution < -0.4 is 0 Å². The van der Waals surface area contributed by atoms with Crippen molar-refractivity contribution in [3.8, 4) is 0 Å². The summed E-state index contributed by atoms with van der Waals surface area (Å²) in [5.41, 5.74) is 0. The highest BCUT2D eigenvalue weighted by atomic mass is 79.9. The molecule has 0 saturated heterocycles. The summed E-state index contributed by atoms with van der Waals surface area (Å²) in [4.78, 5) is 0.204. The first-order valence-electron chi connectivity index (χ1n) is 6.29. The zero-order chi connectivity index (χ0) is 14.7. The van der Waals surface area contributed by atoms with Gasteiger partial charge in [0, 0.05) is 12.5 Å². The van der Waals surface area contributed by atoms with Crippen LogP contribution in [0.15, 0.2) is 33.6 Å². The molecule has 6 heteroatoms. The SMILES string of the molecule is CC(CC[Si](C)(C)C)OS(=O)(=O)c1ccc(Br)cc1. The third-order valence-electron chi connectivity index (χ3n) is 2.69. The Morgan fingerprint density at radius 1 is 1.21 bits per heavy atom. The molecule has 0 spiro atoms. The van der Waals surface area contributed by atoms with Gasteiger partial charge in [0.05, 0.1) is 11.0 Å². The highest BCUT2D eigenvalue weighted by Crippen LogP contribution is 2.20.